The predicted octanol–water partition coefficient (Wildman–Crippen LogP) is 9.23. The lowest BCUT2D eigenvalue weighted by Gasteiger charge is -2.44. The van der Waals surface area contributed by atoms with E-state index in [2.05, 4.69) is 135 Å². The minimum atomic E-state index is -0.0508. The molecule has 196 valence electrons. The van der Waals surface area contributed by atoms with Gasteiger partial charge in [0, 0.05) is 23.5 Å². The smallest absolute Gasteiger partial charge is 0.100 e. The summed E-state index contributed by atoms with van der Waals surface area (Å²) in [4.78, 5) is 4.88. The van der Waals surface area contributed by atoms with Crippen molar-refractivity contribution in [1.29, 1.82) is 0 Å². The summed E-state index contributed by atoms with van der Waals surface area (Å²) in [5.74, 6) is 1.13. The van der Waals surface area contributed by atoms with Crippen molar-refractivity contribution in [3.63, 3.8) is 0 Å². The normalized spacial score (nSPS) is 26.9. The van der Waals surface area contributed by atoms with Crippen molar-refractivity contribution in [1.82, 2.24) is 0 Å². The Balaban J connectivity index is 1.11. The first-order valence-electron chi connectivity index (χ1n) is 14.9. The third-order valence-corrected chi connectivity index (χ3v) is 10.3. The van der Waals surface area contributed by atoms with Gasteiger partial charge < -0.3 is 0 Å². The molecule has 0 amide bonds. The van der Waals surface area contributed by atoms with Gasteiger partial charge in [0.15, 0.2) is 0 Å². The van der Waals surface area contributed by atoms with Gasteiger partial charge in [-0.15, -0.1) is 0 Å². The fourth-order valence-corrected chi connectivity index (χ4v) is 8.24. The highest BCUT2D eigenvalue weighted by atomic mass is 14.8. The molecule has 0 aromatic heterocycles. The van der Waals surface area contributed by atoms with Crippen LogP contribution in [0, 0.1) is 11.8 Å². The van der Waals surface area contributed by atoms with Gasteiger partial charge in [-0.25, -0.2) is 0 Å². The predicted molar refractivity (Wildman–Crippen MR) is 170 cm³/mol. The number of aliphatic imine (C=N–C) groups is 1. The second-order valence-electron chi connectivity index (χ2n) is 12.7. The Morgan fingerprint density at radius 1 is 0.732 bits per heavy atom. The molecule has 1 heteroatoms. The summed E-state index contributed by atoms with van der Waals surface area (Å²) in [5.41, 5.74) is 16.5. The summed E-state index contributed by atoms with van der Waals surface area (Å²) in [6.45, 7) is 4.79. The molecule has 0 spiro atoms. The number of rotatable bonds is 2. The third kappa shape index (κ3) is 3.21. The van der Waals surface area contributed by atoms with Crippen LogP contribution in [0.5, 0.6) is 0 Å². The van der Waals surface area contributed by atoms with Crippen LogP contribution >= 0.6 is 0 Å². The molecule has 0 bridgehead atoms. The summed E-state index contributed by atoms with van der Waals surface area (Å²) < 4.78 is 0. The van der Waals surface area contributed by atoms with Gasteiger partial charge >= 0.3 is 0 Å². The number of fused-ring (bicyclic) bond motifs is 5. The standard InChI is InChI=1S/C40H31N/c1-40(2)35-22-26(24-7-4-3-5-8-24)12-16-31(35)32-17-13-27(23-36(32)40)30-15-10-25-11-19-34-38-28(14-18-33(30)37(25)38)21-29-9-6-20-41-39(29)34/h3-23,30,33,37,39H,1-2H3. The topological polar surface area (TPSA) is 12.4 Å². The van der Waals surface area contributed by atoms with E-state index in [0.717, 1.165) is 0 Å². The first kappa shape index (κ1) is 23.2. The fraction of sp³-hybridized carbons (Fsp3) is 0.175. The van der Waals surface area contributed by atoms with Gasteiger partial charge in [0.2, 0.25) is 0 Å². The highest BCUT2D eigenvalue weighted by Gasteiger charge is 2.44. The molecule has 1 aliphatic heterocycles. The van der Waals surface area contributed by atoms with E-state index in [1.54, 1.807) is 0 Å². The summed E-state index contributed by atoms with van der Waals surface area (Å²) in [6, 6.07) is 25.2. The number of benzene rings is 3. The molecule has 1 nitrogen and oxygen atoms in total. The van der Waals surface area contributed by atoms with Crippen LogP contribution in [0.2, 0.25) is 0 Å². The summed E-state index contributed by atoms with van der Waals surface area (Å²) in [7, 11) is 0. The SMILES string of the molecule is CC1(C)c2cc(-c3ccccc3)ccc2-c2ccc(C3C=CC4=CC=C5C6=C(C=CC3C46)C=C3C=CC=NC35)cc21. The Bertz CT molecular complexity index is 1910. The Hall–Kier alpha value is -4.49. The molecule has 0 radical (unpaired) electrons. The van der Waals surface area contributed by atoms with Crippen LogP contribution in [0.1, 0.15) is 36.5 Å². The molecule has 0 saturated carbocycles. The van der Waals surface area contributed by atoms with Gasteiger partial charge in [-0.3, -0.25) is 4.99 Å². The molecule has 0 N–H and O–H groups in total. The summed E-state index contributed by atoms with van der Waals surface area (Å²) >= 11 is 0. The Kier molecular flexibility index (Phi) is 4.69. The first-order chi connectivity index (χ1) is 20.1. The minimum Gasteiger partial charge on any atom is -0.280 e. The van der Waals surface area contributed by atoms with Crippen LogP contribution in [-0.4, -0.2) is 12.3 Å². The van der Waals surface area contributed by atoms with Gasteiger partial charge in [0.05, 0.1) is 0 Å². The van der Waals surface area contributed by atoms with E-state index in [1.807, 2.05) is 6.21 Å². The van der Waals surface area contributed by atoms with Gasteiger partial charge in [0.1, 0.15) is 6.04 Å². The maximum absolute atomic E-state index is 4.88. The number of dihydropyridines is 1. The molecule has 5 aliphatic carbocycles. The number of hydrogen-bond donors (Lipinski definition) is 0. The van der Waals surface area contributed by atoms with Crippen molar-refractivity contribution in [2.45, 2.75) is 31.2 Å². The Labute approximate surface area is 242 Å². The molecule has 0 fully saturated rings. The van der Waals surface area contributed by atoms with Crippen molar-refractivity contribution >= 4 is 6.21 Å². The van der Waals surface area contributed by atoms with E-state index in [-0.39, 0.29) is 11.5 Å². The van der Waals surface area contributed by atoms with E-state index in [0.29, 0.717) is 17.8 Å². The second kappa shape index (κ2) is 8.27. The van der Waals surface area contributed by atoms with Gasteiger partial charge in [-0.05, 0) is 90.9 Å². The molecular formula is C40H31N. The van der Waals surface area contributed by atoms with Crippen LogP contribution in [0.25, 0.3) is 22.3 Å². The lowest BCUT2D eigenvalue weighted by atomic mass is 9.60. The molecule has 0 saturated heterocycles. The van der Waals surface area contributed by atoms with E-state index >= 15 is 0 Å². The largest absolute Gasteiger partial charge is 0.280 e. The van der Waals surface area contributed by atoms with E-state index in [9.17, 15) is 0 Å². The molecule has 41 heavy (non-hydrogen) atoms. The molecule has 6 aliphatic rings. The van der Waals surface area contributed by atoms with Crippen molar-refractivity contribution < 1.29 is 0 Å². The van der Waals surface area contributed by atoms with Gasteiger partial charge in [-0.1, -0.05) is 117 Å². The monoisotopic (exact) mass is 525 g/mol. The van der Waals surface area contributed by atoms with Crippen LogP contribution < -0.4 is 0 Å². The van der Waals surface area contributed by atoms with Crippen molar-refractivity contribution in [3.05, 3.63) is 166 Å². The van der Waals surface area contributed by atoms with Gasteiger partial charge in [-0.2, -0.15) is 0 Å². The Morgan fingerprint density at radius 2 is 1.56 bits per heavy atom. The van der Waals surface area contributed by atoms with Crippen molar-refractivity contribution in [3.8, 4) is 22.3 Å². The average Bonchev–Trinajstić information content (AvgIpc) is 3.25. The quantitative estimate of drug-likeness (QED) is 0.316. The van der Waals surface area contributed by atoms with Crippen LogP contribution in [0.15, 0.2) is 154 Å². The zero-order valence-electron chi connectivity index (χ0n) is 23.4. The fourth-order valence-electron chi connectivity index (χ4n) is 8.24. The zero-order valence-corrected chi connectivity index (χ0v) is 23.4. The molecular weight excluding hydrogens is 494 g/mol. The maximum atomic E-state index is 4.88. The molecule has 4 unspecified atom stereocenters. The molecule has 4 atom stereocenters. The highest BCUT2D eigenvalue weighted by molar-refractivity contribution is 5.84. The molecule has 1 heterocycles. The number of nitrogens with zero attached hydrogens (tertiary/aromatic N) is 1. The van der Waals surface area contributed by atoms with Crippen molar-refractivity contribution in [2.24, 2.45) is 16.8 Å². The lowest BCUT2D eigenvalue weighted by Crippen LogP contribution is -2.34. The van der Waals surface area contributed by atoms with Crippen molar-refractivity contribution in [2.75, 3.05) is 0 Å². The second-order valence-corrected chi connectivity index (χ2v) is 12.7. The van der Waals surface area contributed by atoms with Gasteiger partial charge in [0.25, 0.3) is 0 Å². The zero-order chi connectivity index (χ0) is 27.3. The van der Waals surface area contributed by atoms with E-state index < -0.39 is 0 Å². The average molecular weight is 526 g/mol. The maximum Gasteiger partial charge on any atom is 0.100 e. The third-order valence-electron chi connectivity index (χ3n) is 10.3. The summed E-state index contributed by atoms with van der Waals surface area (Å²) in [6.07, 6.45) is 23.0. The highest BCUT2D eigenvalue weighted by Crippen LogP contribution is 2.55. The number of hydrogen-bond acceptors (Lipinski definition) is 1. The van der Waals surface area contributed by atoms with E-state index in [4.69, 9.17) is 4.99 Å². The van der Waals surface area contributed by atoms with E-state index in [1.165, 1.54) is 66.8 Å². The lowest BCUT2D eigenvalue weighted by molar-refractivity contribution is 0.448. The molecule has 9 rings (SSSR count). The number of allylic oxidation sites excluding steroid dienone is 10. The van der Waals surface area contributed by atoms with Crippen LogP contribution in [-0.2, 0) is 5.41 Å². The molecule has 3 aromatic carbocycles. The minimum absolute atomic E-state index is 0.0508. The first-order valence-corrected chi connectivity index (χ1v) is 14.9. The Morgan fingerprint density at radius 3 is 2.44 bits per heavy atom. The van der Waals surface area contributed by atoms with Crippen LogP contribution in [0.3, 0.4) is 0 Å². The summed E-state index contributed by atoms with van der Waals surface area (Å²) in [5, 5.41) is 0. The molecule has 3 aromatic rings. The van der Waals surface area contributed by atoms with Crippen LogP contribution in [0.4, 0.5) is 0 Å².